The number of nitrogens with zero attached hydrogens (tertiary/aromatic N) is 2. The number of ether oxygens (including phenoxy) is 1. The average molecular weight is 292 g/mol. The summed E-state index contributed by atoms with van der Waals surface area (Å²) < 4.78 is 4.93. The third kappa shape index (κ3) is 4.77. The van der Waals surface area contributed by atoms with Crippen molar-refractivity contribution in [2.45, 2.75) is 26.8 Å². The van der Waals surface area contributed by atoms with Crippen molar-refractivity contribution in [1.82, 2.24) is 4.90 Å². The maximum atomic E-state index is 12.6. The van der Waals surface area contributed by atoms with Crippen molar-refractivity contribution in [3.8, 4) is 0 Å². The monoisotopic (exact) mass is 292 g/mol. The molecule has 0 atom stereocenters. The number of amides is 1. The first-order valence-corrected chi connectivity index (χ1v) is 7.10. The molecule has 5 nitrogen and oxygen atoms in total. The quantitative estimate of drug-likeness (QED) is 0.754. The molecule has 1 amide bonds. The zero-order chi connectivity index (χ0) is 16.0. The first-order valence-electron chi connectivity index (χ1n) is 7.10. The number of esters is 1. The van der Waals surface area contributed by atoms with E-state index in [0.717, 1.165) is 5.69 Å². The normalized spacial score (nSPS) is 10.4. The first-order chi connectivity index (χ1) is 9.86. The van der Waals surface area contributed by atoms with Gasteiger partial charge in [-0.2, -0.15) is 0 Å². The van der Waals surface area contributed by atoms with Crippen molar-refractivity contribution in [1.29, 1.82) is 0 Å². The largest absolute Gasteiger partial charge is 0.465 e. The van der Waals surface area contributed by atoms with Crippen LogP contribution in [-0.2, 0) is 9.53 Å². The van der Waals surface area contributed by atoms with Crippen LogP contribution in [0.2, 0.25) is 0 Å². The van der Waals surface area contributed by atoms with Crippen molar-refractivity contribution >= 4 is 17.6 Å². The van der Waals surface area contributed by atoms with Crippen LogP contribution in [-0.4, -0.2) is 50.1 Å². The Balaban J connectivity index is 2.95. The molecule has 5 heteroatoms. The lowest BCUT2D eigenvalue weighted by Gasteiger charge is -2.26. The van der Waals surface area contributed by atoms with E-state index in [9.17, 15) is 9.59 Å². The minimum Gasteiger partial charge on any atom is -0.465 e. The van der Waals surface area contributed by atoms with Gasteiger partial charge < -0.3 is 14.5 Å². The predicted molar refractivity (Wildman–Crippen MR) is 83.6 cm³/mol. The van der Waals surface area contributed by atoms with E-state index in [-0.39, 0.29) is 24.5 Å². The van der Waals surface area contributed by atoms with Gasteiger partial charge in [-0.25, -0.2) is 0 Å². The lowest BCUT2D eigenvalue weighted by atomic mass is 10.1. The van der Waals surface area contributed by atoms with Crippen LogP contribution >= 0.6 is 0 Å². The molecule has 116 valence electrons. The second kappa shape index (κ2) is 7.67. The van der Waals surface area contributed by atoms with E-state index in [0.29, 0.717) is 12.2 Å². The smallest absolute Gasteiger partial charge is 0.325 e. The summed E-state index contributed by atoms with van der Waals surface area (Å²) >= 11 is 0. The van der Waals surface area contributed by atoms with Crippen LogP contribution in [0.3, 0.4) is 0 Å². The number of carbonyl (C=O) groups excluding carboxylic acids is 2. The molecule has 21 heavy (non-hydrogen) atoms. The van der Waals surface area contributed by atoms with E-state index in [1.807, 2.05) is 51.0 Å². The summed E-state index contributed by atoms with van der Waals surface area (Å²) in [6, 6.07) is 7.27. The highest BCUT2D eigenvalue weighted by Crippen LogP contribution is 2.16. The molecule has 0 radical (unpaired) electrons. The highest BCUT2D eigenvalue weighted by molar-refractivity contribution is 5.97. The molecule has 0 aromatic heterocycles. The van der Waals surface area contributed by atoms with Crippen LogP contribution in [0.25, 0.3) is 0 Å². The molecule has 1 rings (SSSR count). The highest BCUT2D eigenvalue weighted by Gasteiger charge is 2.22. The summed E-state index contributed by atoms with van der Waals surface area (Å²) in [5, 5.41) is 0. The second-order valence-electron chi connectivity index (χ2n) is 5.28. The van der Waals surface area contributed by atoms with Crippen molar-refractivity contribution in [2.24, 2.45) is 0 Å². The van der Waals surface area contributed by atoms with Crippen molar-refractivity contribution < 1.29 is 14.3 Å². The molecule has 0 saturated heterocycles. The molecule has 0 spiro atoms. The van der Waals surface area contributed by atoms with Gasteiger partial charge in [-0.15, -0.1) is 0 Å². The summed E-state index contributed by atoms with van der Waals surface area (Å²) in [5.41, 5.74) is 1.51. The van der Waals surface area contributed by atoms with E-state index < -0.39 is 0 Å². The zero-order valence-electron chi connectivity index (χ0n) is 13.4. The lowest BCUT2D eigenvalue weighted by Crippen LogP contribution is -2.41. The van der Waals surface area contributed by atoms with Crippen molar-refractivity contribution in [3.05, 3.63) is 29.8 Å². The lowest BCUT2D eigenvalue weighted by molar-refractivity contribution is -0.144. The summed E-state index contributed by atoms with van der Waals surface area (Å²) in [6.45, 7) is 5.80. The third-order valence-electron chi connectivity index (χ3n) is 3.10. The molecule has 0 aliphatic heterocycles. The zero-order valence-corrected chi connectivity index (χ0v) is 13.4. The fourth-order valence-corrected chi connectivity index (χ4v) is 1.92. The van der Waals surface area contributed by atoms with E-state index in [1.165, 1.54) is 4.90 Å². The van der Waals surface area contributed by atoms with Gasteiger partial charge in [-0.05, 0) is 39.0 Å². The number of rotatable bonds is 6. The number of hydrogen-bond acceptors (Lipinski definition) is 4. The van der Waals surface area contributed by atoms with Gasteiger partial charge in [0.15, 0.2) is 0 Å². The molecule has 0 fully saturated rings. The van der Waals surface area contributed by atoms with Gasteiger partial charge in [-0.3, -0.25) is 9.59 Å². The molecule has 0 aliphatic carbocycles. The molecule has 0 saturated carbocycles. The first kappa shape index (κ1) is 17.0. The number of anilines is 1. The number of carbonyl (C=O) groups is 2. The maximum absolute atomic E-state index is 12.6. The number of benzene rings is 1. The Hall–Kier alpha value is -2.04. The Morgan fingerprint density at radius 3 is 2.43 bits per heavy atom. The van der Waals surface area contributed by atoms with Crippen LogP contribution in [0.15, 0.2) is 24.3 Å². The van der Waals surface area contributed by atoms with Gasteiger partial charge >= 0.3 is 5.97 Å². The molecule has 0 N–H and O–H groups in total. The molecule has 0 unspecified atom stereocenters. The molecule has 0 heterocycles. The van der Waals surface area contributed by atoms with E-state index in [2.05, 4.69) is 0 Å². The van der Waals surface area contributed by atoms with E-state index in [1.54, 1.807) is 13.0 Å². The summed E-state index contributed by atoms with van der Waals surface area (Å²) in [6.07, 6.45) is 0. The minimum absolute atomic E-state index is 0.0312. The van der Waals surface area contributed by atoms with E-state index >= 15 is 0 Å². The van der Waals surface area contributed by atoms with Crippen LogP contribution in [0.1, 0.15) is 31.1 Å². The topological polar surface area (TPSA) is 49.9 Å². The van der Waals surface area contributed by atoms with Gasteiger partial charge in [-0.1, -0.05) is 6.07 Å². The summed E-state index contributed by atoms with van der Waals surface area (Å²) in [5.74, 6) is -0.551. The Kier molecular flexibility index (Phi) is 6.21. The van der Waals surface area contributed by atoms with Gasteiger partial charge in [0.2, 0.25) is 0 Å². The van der Waals surface area contributed by atoms with Gasteiger partial charge in [0.05, 0.1) is 6.61 Å². The van der Waals surface area contributed by atoms with Crippen molar-refractivity contribution in [2.75, 3.05) is 32.1 Å². The molecule has 0 aliphatic rings. The summed E-state index contributed by atoms with van der Waals surface area (Å²) in [7, 11) is 3.84. The van der Waals surface area contributed by atoms with Gasteiger partial charge in [0.1, 0.15) is 6.54 Å². The highest BCUT2D eigenvalue weighted by atomic mass is 16.5. The van der Waals surface area contributed by atoms with Gasteiger partial charge in [0, 0.05) is 31.4 Å². The molecular weight excluding hydrogens is 268 g/mol. The third-order valence-corrected chi connectivity index (χ3v) is 3.10. The van der Waals surface area contributed by atoms with Crippen LogP contribution in [0.5, 0.6) is 0 Å². The Labute approximate surface area is 126 Å². The van der Waals surface area contributed by atoms with E-state index in [4.69, 9.17) is 4.74 Å². The minimum atomic E-state index is -0.386. The molecule has 0 bridgehead atoms. The Morgan fingerprint density at radius 1 is 1.24 bits per heavy atom. The van der Waals surface area contributed by atoms with Crippen molar-refractivity contribution in [3.63, 3.8) is 0 Å². The molecule has 1 aromatic rings. The van der Waals surface area contributed by atoms with Crippen LogP contribution in [0, 0.1) is 0 Å². The fraction of sp³-hybridized carbons (Fsp3) is 0.500. The second-order valence-corrected chi connectivity index (χ2v) is 5.28. The Morgan fingerprint density at radius 2 is 1.90 bits per heavy atom. The SMILES string of the molecule is CCOC(=O)CN(C(=O)c1cccc(N(C)C)c1)C(C)C. The maximum Gasteiger partial charge on any atom is 0.325 e. The van der Waals surface area contributed by atoms with Gasteiger partial charge in [0.25, 0.3) is 5.91 Å². The summed E-state index contributed by atoms with van der Waals surface area (Å²) in [4.78, 5) is 27.7. The van der Waals surface area contributed by atoms with Crippen LogP contribution < -0.4 is 4.90 Å². The fourth-order valence-electron chi connectivity index (χ4n) is 1.92. The number of hydrogen-bond donors (Lipinski definition) is 0. The predicted octanol–water partition coefficient (Wildman–Crippen LogP) is 2.17. The molecule has 1 aromatic carbocycles. The average Bonchev–Trinajstić information content (AvgIpc) is 2.44. The molecular formula is C16H24N2O3. The Bertz CT molecular complexity index is 498. The van der Waals surface area contributed by atoms with Crippen LogP contribution in [0.4, 0.5) is 5.69 Å². The standard InChI is InChI=1S/C16H24N2O3/c1-6-21-15(19)11-18(12(2)3)16(20)13-8-7-9-14(10-13)17(4)5/h7-10,12H,6,11H2,1-5H3.